The number of hydrogen-bond donors (Lipinski definition) is 1. The molecule has 1 aliphatic heterocycles. The van der Waals surface area contributed by atoms with Crippen LogP contribution in [0.1, 0.15) is 55.4 Å². The van der Waals surface area contributed by atoms with Gasteiger partial charge in [-0.05, 0) is 25.2 Å². The van der Waals surface area contributed by atoms with E-state index in [4.69, 9.17) is 9.52 Å². The van der Waals surface area contributed by atoms with Gasteiger partial charge in [-0.15, -0.1) is 0 Å². The van der Waals surface area contributed by atoms with Crippen LogP contribution < -0.4 is 4.90 Å². The van der Waals surface area contributed by atoms with E-state index in [1.165, 1.54) is 6.42 Å². The van der Waals surface area contributed by atoms with E-state index in [9.17, 15) is 4.79 Å². The lowest BCUT2D eigenvalue weighted by Crippen LogP contribution is -2.31. The van der Waals surface area contributed by atoms with Crippen molar-refractivity contribution in [2.24, 2.45) is 0 Å². The van der Waals surface area contributed by atoms with E-state index in [-0.39, 0.29) is 23.2 Å². The van der Waals surface area contributed by atoms with Crippen molar-refractivity contribution in [1.82, 2.24) is 15.0 Å². The molecule has 3 heterocycles. The number of piperidine rings is 1. The van der Waals surface area contributed by atoms with Crippen LogP contribution in [-0.4, -0.2) is 39.1 Å². The highest BCUT2D eigenvalue weighted by Gasteiger charge is 2.23. The molecule has 7 nitrogen and oxygen atoms in total. The highest BCUT2D eigenvalue weighted by molar-refractivity contribution is 5.85. The Labute approximate surface area is 122 Å². The minimum Gasteiger partial charge on any atom is -0.474 e. The summed E-state index contributed by atoms with van der Waals surface area (Å²) in [7, 11) is 0. The maximum Gasteiger partial charge on any atom is 0.392 e. The Hall–Kier alpha value is -2.18. The van der Waals surface area contributed by atoms with Gasteiger partial charge in [-0.25, -0.2) is 9.78 Å². The maximum absolute atomic E-state index is 11.0. The molecule has 0 spiro atoms. The molecular formula is C14H18N4O3. The number of carboxylic acid groups (broad SMARTS) is 1. The van der Waals surface area contributed by atoms with Crippen LogP contribution in [0.25, 0.3) is 11.4 Å². The highest BCUT2D eigenvalue weighted by Crippen LogP contribution is 2.28. The summed E-state index contributed by atoms with van der Waals surface area (Å²) in [5, 5.41) is 8.96. The monoisotopic (exact) mass is 290 g/mol. The second-order valence-corrected chi connectivity index (χ2v) is 5.59. The average Bonchev–Trinajstić information content (AvgIpc) is 2.90. The van der Waals surface area contributed by atoms with Gasteiger partial charge >= 0.3 is 11.9 Å². The van der Waals surface area contributed by atoms with E-state index in [0.717, 1.165) is 37.4 Å². The Morgan fingerprint density at radius 1 is 1.19 bits per heavy atom. The SMILES string of the molecule is CC(C)c1nc2nc(C(=O)O)oc2nc1N1CCCCC1. The topological polar surface area (TPSA) is 92.3 Å². The number of aromatic carboxylic acids is 1. The molecule has 0 saturated carbocycles. The molecule has 2 aromatic heterocycles. The van der Waals surface area contributed by atoms with Crippen molar-refractivity contribution in [3.63, 3.8) is 0 Å². The van der Waals surface area contributed by atoms with Crippen LogP contribution in [0.3, 0.4) is 0 Å². The summed E-state index contributed by atoms with van der Waals surface area (Å²) in [6, 6.07) is 0. The third kappa shape index (κ3) is 2.55. The first-order valence-corrected chi connectivity index (χ1v) is 7.23. The van der Waals surface area contributed by atoms with E-state index in [1.54, 1.807) is 0 Å². The largest absolute Gasteiger partial charge is 0.474 e. The Balaban J connectivity index is 2.11. The summed E-state index contributed by atoms with van der Waals surface area (Å²) in [5.41, 5.74) is 1.30. The number of fused-ring (bicyclic) bond motifs is 1. The zero-order valence-corrected chi connectivity index (χ0v) is 12.2. The number of nitrogens with zero attached hydrogens (tertiary/aromatic N) is 4. The first-order chi connectivity index (χ1) is 10.1. The van der Waals surface area contributed by atoms with Gasteiger partial charge in [0.25, 0.3) is 5.71 Å². The van der Waals surface area contributed by atoms with Gasteiger partial charge in [-0.2, -0.15) is 9.97 Å². The second-order valence-electron chi connectivity index (χ2n) is 5.59. The van der Waals surface area contributed by atoms with Crippen LogP contribution in [0.5, 0.6) is 0 Å². The predicted molar refractivity (Wildman–Crippen MR) is 76.7 cm³/mol. The number of hydrogen-bond acceptors (Lipinski definition) is 6. The molecule has 112 valence electrons. The first-order valence-electron chi connectivity index (χ1n) is 7.23. The quantitative estimate of drug-likeness (QED) is 0.927. The highest BCUT2D eigenvalue weighted by atomic mass is 16.4. The van der Waals surface area contributed by atoms with Crippen LogP contribution in [0.15, 0.2) is 4.42 Å². The van der Waals surface area contributed by atoms with Crippen LogP contribution >= 0.6 is 0 Å². The van der Waals surface area contributed by atoms with Crippen LogP contribution in [0.4, 0.5) is 5.82 Å². The fourth-order valence-corrected chi connectivity index (χ4v) is 2.58. The molecule has 2 aromatic rings. The minimum atomic E-state index is -1.21. The normalized spacial score (nSPS) is 15.9. The number of aromatic nitrogens is 3. The first kappa shape index (κ1) is 13.8. The lowest BCUT2D eigenvalue weighted by atomic mass is 10.1. The number of oxazole rings is 1. The molecule has 3 rings (SSSR count). The number of carbonyl (C=O) groups is 1. The molecule has 1 aliphatic rings. The summed E-state index contributed by atoms with van der Waals surface area (Å²) in [5.74, 6) is -0.593. The molecule has 21 heavy (non-hydrogen) atoms. The number of carboxylic acids is 1. The molecule has 0 aromatic carbocycles. The van der Waals surface area contributed by atoms with Crippen LogP contribution in [0, 0.1) is 0 Å². The third-order valence-corrected chi connectivity index (χ3v) is 3.64. The van der Waals surface area contributed by atoms with Gasteiger partial charge in [0, 0.05) is 13.1 Å². The Morgan fingerprint density at radius 2 is 1.90 bits per heavy atom. The Kier molecular flexibility index (Phi) is 3.48. The van der Waals surface area contributed by atoms with E-state index in [1.807, 2.05) is 13.8 Å². The van der Waals surface area contributed by atoms with E-state index in [2.05, 4.69) is 19.9 Å². The molecule has 0 bridgehead atoms. The molecule has 0 radical (unpaired) electrons. The summed E-state index contributed by atoms with van der Waals surface area (Å²) >= 11 is 0. The summed E-state index contributed by atoms with van der Waals surface area (Å²) in [6.45, 7) is 5.97. The van der Waals surface area contributed by atoms with Crippen molar-refractivity contribution >= 4 is 23.1 Å². The van der Waals surface area contributed by atoms with E-state index >= 15 is 0 Å². The average molecular weight is 290 g/mol. The van der Waals surface area contributed by atoms with E-state index < -0.39 is 5.97 Å². The van der Waals surface area contributed by atoms with Crippen molar-refractivity contribution < 1.29 is 14.3 Å². The zero-order chi connectivity index (χ0) is 15.0. The smallest absolute Gasteiger partial charge is 0.392 e. The standard InChI is InChI=1S/C14H18N4O3/c1-8(2)9-11(18-6-4-3-5-7-18)17-12-10(15-9)16-13(21-12)14(19)20/h8H,3-7H2,1-2H3,(H,19,20). The molecular weight excluding hydrogens is 272 g/mol. The molecule has 7 heteroatoms. The fraction of sp³-hybridized carbons (Fsp3) is 0.571. The van der Waals surface area contributed by atoms with Crippen molar-refractivity contribution in [3.8, 4) is 0 Å². The Morgan fingerprint density at radius 3 is 2.52 bits per heavy atom. The fourth-order valence-electron chi connectivity index (χ4n) is 2.58. The van der Waals surface area contributed by atoms with E-state index in [0.29, 0.717) is 0 Å². The number of anilines is 1. The van der Waals surface area contributed by atoms with Gasteiger partial charge in [0.2, 0.25) is 5.65 Å². The van der Waals surface area contributed by atoms with Crippen molar-refractivity contribution in [1.29, 1.82) is 0 Å². The zero-order valence-electron chi connectivity index (χ0n) is 12.2. The van der Waals surface area contributed by atoms with Gasteiger partial charge in [-0.3, -0.25) is 0 Å². The summed E-state index contributed by atoms with van der Waals surface area (Å²) in [4.78, 5) is 26.0. The van der Waals surface area contributed by atoms with Crippen LogP contribution in [-0.2, 0) is 0 Å². The molecule has 0 unspecified atom stereocenters. The second kappa shape index (κ2) is 5.31. The maximum atomic E-state index is 11.0. The third-order valence-electron chi connectivity index (χ3n) is 3.64. The minimum absolute atomic E-state index is 0.184. The van der Waals surface area contributed by atoms with Gasteiger partial charge < -0.3 is 14.4 Å². The van der Waals surface area contributed by atoms with Crippen molar-refractivity contribution in [2.45, 2.75) is 39.0 Å². The molecule has 0 atom stereocenters. The number of rotatable bonds is 3. The molecule has 1 N–H and O–H groups in total. The summed E-state index contributed by atoms with van der Waals surface area (Å²) < 4.78 is 5.18. The molecule has 1 saturated heterocycles. The molecule has 0 aliphatic carbocycles. The lowest BCUT2D eigenvalue weighted by Gasteiger charge is -2.29. The van der Waals surface area contributed by atoms with Gasteiger partial charge in [0.1, 0.15) is 0 Å². The molecule has 1 fully saturated rings. The van der Waals surface area contributed by atoms with Crippen molar-refractivity contribution in [3.05, 3.63) is 11.6 Å². The predicted octanol–water partition coefficient (Wildman–Crippen LogP) is 2.43. The van der Waals surface area contributed by atoms with Gasteiger partial charge in [-0.1, -0.05) is 13.8 Å². The summed E-state index contributed by atoms with van der Waals surface area (Å²) in [6.07, 6.45) is 3.50. The molecule has 0 amide bonds. The van der Waals surface area contributed by atoms with Gasteiger partial charge in [0.15, 0.2) is 5.82 Å². The lowest BCUT2D eigenvalue weighted by molar-refractivity contribution is 0.0656. The van der Waals surface area contributed by atoms with Gasteiger partial charge in [0.05, 0.1) is 5.69 Å². The van der Waals surface area contributed by atoms with Crippen LogP contribution in [0.2, 0.25) is 0 Å². The Bertz CT molecular complexity index is 674. The van der Waals surface area contributed by atoms with Crippen molar-refractivity contribution in [2.75, 3.05) is 18.0 Å².